The Morgan fingerprint density at radius 3 is 2.13 bits per heavy atom. The van der Waals surface area contributed by atoms with E-state index in [1.54, 1.807) is 20.0 Å². The zero-order chi connectivity index (χ0) is 17.6. The van der Waals surface area contributed by atoms with Gasteiger partial charge in [0.15, 0.2) is 0 Å². The molecular weight excluding hydrogens is 294 g/mol. The van der Waals surface area contributed by atoms with Gasteiger partial charge in [0, 0.05) is 12.7 Å². The number of halogens is 1. The molecule has 0 saturated carbocycles. The largest absolute Gasteiger partial charge is 0.495 e. The number of nitrogens with two attached hydrogens (primary N) is 1. The molecule has 1 aromatic rings. The maximum atomic E-state index is 14.6. The van der Waals surface area contributed by atoms with Gasteiger partial charge in [0.25, 0.3) is 0 Å². The first kappa shape index (κ1) is 17.7. The fraction of sp³-hybridized carbons (Fsp3) is 0.471. The summed E-state index contributed by atoms with van der Waals surface area (Å²) in [4.78, 5) is 4.09. The zero-order valence-corrected chi connectivity index (χ0v) is 14.7. The van der Waals surface area contributed by atoms with Crippen LogP contribution in [0.3, 0.4) is 0 Å². The Labute approximate surface area is 137 Å². The molecule has 0 bridgehead atoms. The number of allylic oxidation sites excluding steroid dienone is 1. The molecule has 6 heteroatoms. The van der Waals surface area contributed by atoms with Crippen molar-refractivity contribution in [2.24, 2.45) is 4.99 Å². The molecular formula is C17H24BFN2O2. The summed E-state index contributed by atoms with van der Waals surface area (Å²) in [5.74, 6) is -0.460. The van der Waals surface area contributed by atoms with E-state index in [0.717, 1.165) is 0 Å². The Balaban J connectivity index is 2.44. The fourth-order valence-electron chi connectivity index (χ4n) is 2.53. The summed E-state index contributed by atoms with van der Waals surface area (Å²) in [6.07, 6.45) is 0. The zero-order valence-electron chi connectivity index (χ0n) is 14.7. The SMILES string of the molecule is C=C(C)C(=NC)c1c(N)cc(B2OC(C)(C)C(C)(C)O2)cc1F. The summed E-state index contributed by atoms with van der Waals surface area (Å²) in [7, 11) is 0.933. The van der Waals surface area contributed by atoms with Gasteiger partial charge in [0.1, 0.15) is 5.82 Å². The fourth-order valence-corrected chi connectivity index (χ4v) is 2.53. The second-order valence-corrected chi connectivity index (χ2v) is 6.91. The van der Waals surface area contributed by atoms with E-state index in [4.69, 9.17) is 15.0 Å². The van der Waals surface area contributed by atoms with Gasteiger partial charge in [-0.05, 0) is 57.8 Å². The number of hydrogen-bond acceptors (Lipinski definition) is 4. The van der Waals surface area contributed by atoms with Gasteiger partial charge >= 0.3 is 7.12 Å². The summed E-state index contributed by atoms with van der Waals surface area (Å²) in [5, 5.41) is 0. The molecule has 1 saturated heterocycles. The third-order valence-corrected chi connectivity index (χ3v) is 4.53. The molecule has 0 amide bonds. The van der Waals surface area contributed by atoms with E-state index in [2.05, 4.69) is 11.6 Å². The Hall–Kier alpha value is -1.66. The molecule has 1 heterocycles. The predicted octanol–water partition coefficient (Wildman–Crippen LogP) is 2.70. The van der Waals surface area contributed by atoms with E-state index in [-0.39, 0.29) is 5.56 Å². The summed E-state index contributed by atoms with van der Waals surface area (Å²) in [6, 6.07) is 3.07. The normalized spacial score (nSPS) is 20.0. The standard InChI is InChI=1S/C17H24BFN2O2/c1-10(2)15(21-7)14-12(19)8-11(9-13(14)20)18-22-16(3,4)17(5,6)23-18/h8-9H,1,20H2,2-7H3. The quantitative estimate of drug-likeness (QED) is 0.530. The first-order valence-corrected chi connectivity index (χ1v) is 7.58. The topological polar surface area (TPSA) is 56.8 Å². The lowest BCUT2D eigenvalue weighted by atomic mass is 9.78. The van der Waals surface area contributed by atoms with Crippen molar-refractivity contribution < 1.29 is 13.7 Å². The van der Waals surface area contributed by atoms with Crippen LogP contribution >= 0.6 is 0 Å². The highest BCUT2D eigenvalue weighted by Gasteiger charge is 2.51. The molecule has 0 radical (unpaired) electrons. The van der Waals surface area contributed by atoms with Crippen LogP contribution in [-0.4, -0.2) is 31.1 Å². The minimum Gasteiger partial charge on any atom is -0.399 e. The molecule has 0 atom stereocenters. The molecule has 1 aliphatic rings. The maximum Gasteiger partial charge on any atom is 0.495 e. The smallest absolute Gasteiger partial charge is 0.399 e. The van der Waals surface area contributed by atoms with Gasteiger partial charge in [-0.25, -0.2) is 4.39 Å². The second kappa shape index (κ2) is 5.76. The van der Waals surface area contributed by atoms with Crippen molar-refractivity contribution in [1.29, 1.82) is 0 Å². The van der Waals surface area contributed by atoms with Crippen molar-refractivity contribution in [3.8, 4) is 0 Å². The lowest BCUT2D eigenvalue weighted by Crippen LogP contribution is -2.41. The molecule has 0 spiro atoms. The van der Waals surface area contributed by atoms with Crippen LogP contribution in [0.1, 0.15) is 40.2 Å². The van der Waals surface area contributed by atoms with E-state index < -0.39 is 24.1 Å². The highest BCUT2D eigenvalue weighted by Crippen LogP contribution is 2.36. The average Bonchev–Trinajstić information content (AvgIpc) is 2.62. The summed E-state index contributed by atoms with van der Waals surface area (Å²) < 4.78 is 26.5. The van der Waals surface area contributed by atoms with Crippen LogP contribution in [0.4, 0.5) is 10.1 Å². The molecule has 124 valence electrons. The monoisotopic (exact) mass is 318 g/mol. The van der Waals surface area contributed by atoms with Crippen LogP contribution < -0.4 is 11.2 Å². The van der Waals surface area contributed by atoms with Crippen molar-refractivity contribution in [3.63, 3.8) is 0 Å². The molecule has 0 aliphatic carbocycles. The van der Waals surface area contributed by atoms with Crippen LogP contribution in [0.2, 0.25) is 0 Å². The lowest BCUT2D eigenvalue weighted by molar-refractivity contribution is 0.00578. The minimum absolute atomic E-state index is 0.264. The Bertz CT molecular complexity index is 644. The average molecular weight is 318 g/mol. The highest BCUT2D eigenvalue weighted by molar-refractivity contribution is 6.62. The third kappa shape index (κ3) is 3.05. The van der Waals surface area contributed by atoms with Gasteiger partial charge in [-0.15, -0.1) is 0 Å². The van der Waals surface area contributed by atoms with Gasteiger partial charge in [-0.3, -0.25) is 4.99 Å². The maximum absolute atomic E-state index is 14.6. The van der Waals surface area contributed by atoms with Gasteiger partial charge < -0.3 is 15.0 Å². The van der Waals surface area contributed by atoms with Crippen molar-refractivity contribution in [2.75, 3.05) is 12.8 Å². The Morgan fingerprint density at radius 1 is 1.22 bits per heavy atom. The van der Waals surface area contributed by atoms with Crippen LogP contribution in [0, 0.1) is 5.82 Å². The number of anilines is 1. The van der Waals surface area contributed by atoms with Crippen molar-refractivity contribution in [2.45, 2.75) is 45.8 Å². The molecule has 1 aliphatic heterocycles. The Morgan fingerprint density at radius 2 is 1.74 bits per heavy atom. The highest BCUT2D eigenvalue weighted by atomic mass is 19.1. The van der Waals surface area contributed by atoms with Crippen molar-refractivity contribution >= 4 is 24.0 Å². The second-order valence-electron chi connectivity index (χ2n) is 6.91. The van der Waals surface area contributed by atoms with Gasteiger partial charge in [-0.2, -0.15) is 0 Å². The molecule has 0 unspecified atom stereocenters. The van der Waals surface area contributed by atoms with Crippen LogP contribution in [-0.2, 0) is 9.31 Å². The van der Waals surface area contributed by atoms with Crippen molar-refractivity contribution in [3.05, 3.63) is 35.7 Å². The van der Waals surface area contributed by atoms with E-state index in [0.29, 0.717) is 22.4 Å². The first-order chi connectivity index (χ1) is 10.5. The predicted molar refractivity (Wildman–Crippen MR) is 93.8 cm³/mol. The van der Waals surface area contributed by atoms with E-state index in [1.165, 1.54) is 6.07 Å². The van der Waals surface area contributed by atoms with Crippen LogP contribution in [0.15, 0.2) is 29.3 Å². The van der Waals surface area contributed by atoms with E-state index in [9.17, 15) is 4.39 Å². The number of nitrogens with zero attached hydrogens (tertiary/aromatic N) is 1. The van der Waals surface area contributed by atoms with Crippen LogP contribution in [0.25, 0.3) is 0 Å². The van der Waals surface area contributed by atoms with E-state index >= 15 is 0 Å². The molecule has 2 N–H and O–H groups in total. The summed E-state index contributed by atoms with van der Waals surface area (Å²) >= 11 is 0. The molecule has 1 fully saturated rings. The van der Waals surface area contributed by atoms with Crippen molar-refractivity contribution in [1.82, 2.24) is 0 Å². The molecule has 2 rings (SSSR count). The summed E-state index contributed by atoms with van der Waals surface area (Å²) in [5.41, 5.74) is 7.31. The number of rotatable bonds is 3. The minimum atomic E-state index is -0.655. The van der Waals surface area contributed by atoms with Gasteiger partial charge in [0.05, 0.1) is 22.5 Å². The molecule has 4 nitrogen and oxygen atoms in total. The summed E-state index contributed by atoms with van der Waals surface area (Å²) in [6.45, 7) is 13.4. The van der Waals surface area contributed by atoms with Gasteiger partial charge in [0.2, 0.25) is 0 Å². The number of aliphatic imine (C=N–C) groups is 1. The lowest BCUT2D eigenvalue weighted by Gasteiger charge is -2.32. The van der Waals surface area contributed by atoms with E-state index in [1.807, 2.05) is 27.7 Å². The number of benzene rings is 1. The van der Waals surface area contributed by atoms with Crippen LogP contribution in [0.5, 0.6) is 0 Å². The number of hydrogen-bond donors (Lipinski definition) is 1. The molecule has 0 aromatic heterocycles. The van der Waals surface area contributed by atoms with Gasteiger partial charge in [-0.1, -0.05) is 6.58 Å². The molecule has 1 aromatic carbocycles. The first-order valence-electron chi connectivity index (χ1n) is 7.58. The number of nitrogen functional groups attached to an aromatic ring is 1. The third-order valence-electron chi connectivity index (χ3n) is 4.53. The Kier molecular flexibility index (Phi) is 4.43. The molecule has 23 heavy (non-hydrogen) atoms.